The largest absolute Gasteiger partial charge is 0.506 e. The molecule has 30 heteroatoms. The monoisotopic (exact) mass is 2090 g/mol. The Hall–Kier alpha value is -7.92. The van der Waals surface area contributed by atoms with Gasteiger partial charge in [-0.05, 0) is 229 Å². The van der Waals surface area contributed by atoms with Crippen molar-refractivity contribution in [3.63, 3.8) is 0 Å². The smallest absolute Gasteiger partial charge is 0.259 e. The van der Waals surface area contributed by atoms with Gasteiger partial charge in [0.05, 0.1) is 95.3 Å². The van der Waals surface area contributed by atoms with Crippen molar-refractivity contribution < 1.29 is 108 Å². The molecule has 4 aromatic rings. The number of carbonyl (C=O) groups is 7. The fourth-order valence-electron chi connectivity index (χ4n) is 15.2. The number of ketones is 6. The SMILES string of the molecule is CC(C)(C)C(=O)C(C)(C)Oc1ccc(C(=O)c2ccc(Cl)cc2)cc1.CC(C)(C)C(=O)CC(O)CC[N+](C)(C)C.CC(C)(C)N1CN=C2NCC=C2C1=O.CC(C)(C)OC1OC(CO)[C@@H](O)[C@H](O)[C@@H]1N.CC/C=C\CC(=O)C(C)(C)C.CC/C=C\CC(C)(C)C(=O)C(C)C.CC1OC(CO)[C@@H](O)[C@H](O)[C@@H]1NC(C)(C)C.Cc1ccc(C)c(OCCCC(C)(C)C(=O)C(C)(C)C)c1.Cc1ncc(CO)c(CNC(C)(C)C)c1O. The molecule has 11 atom stereocenters. The Morgan fingerprint density at radius 3 is 1.63 bits per heavy atom. The number of fused-ring (bicyclic) bond motifs is 1. The van der Waals surface area contributed by atoms with Crippen molar-refractivity contribution in [1.29, 1.82) is 0 Å². The molecule has 2 fully saturated rings. The highest BCUT2D eigenvalue weighted by atomic mass is 35.5. The molecule has 1 aromatic heterocycles. The van der Waals surface area contributed by atoms with Crippen LogP contribution < -0.4 is 31.2 Å². The lowest BCUT2D eigenvalue weighted by Crippen LogP contribution is -2.65. The molecule has 1 amide bonds. The Kier molecular flexibility index (Phi) is 57.8. The van der Waals surface area contributed by atoms with Crippen LogP contribution in [0.3, 0.4) is 0 Å². The van der Waals surface area contributed by atoms with Crippen molar-refractivity contribution in [2.45, 2.75) is 423 Å². The summed E-state index contributed by atoms with van der Waals surface area (Å²) in [4.78, 5) is 94.1. The molecule has 0 aliphatic carbocycles. The number of Topliss-reactive ketones (excluding diaryl/α,β-unsaturated/α-hetero) is 5. The first-order valence-corrected chi connectivity index (χ1v) is 52.3. The number of quaternary nitrogens is 1. The molecule has 147 heavy (non-hydrogen) atoms. The topological polar surface area (TPSA) is 438 Å². The molecular formula is C117H198ClN8O21+. The van der Waals surface area contributed by atoms with Crippen LogP contribution in [-0.2, 0) is 56.1 Å². The molecule has 14 N–H and O–H groups in total. The molecular weight excluding hydrogens is 1890 g/mol. The number of aryl methyl sites for hydroxylation is 3. The van der Waals surface area contributed by atoms with E-state index in [-0.39, 0.29) is 110 Å². The van der Waals surface area contributed by atoms with Crippen LogP contribution in [0.1, 0.15) is 338 Å². The Balaban J connectivity index is 0.00000165. The summed E-state index contributed by atoms with van der Waals surface area (Å²) in [6, 6.07) is 18.6. The van der Waals surface area contributed by atoms with Gasteiger partial charge in [0, 0.05) is 121 Å². The summed E-state index contributed by atoms with van der Waals surface area (Å²) in [6.45, 7) is 76.7. The molecule has 0 radical (unpaired) electrons. The van der Waals surface area contributed by atoms with Gasteiger partial charge in [0.2, 0.25) is 0 Å². The lowest BCUT2D eigenvalue weighted by molar-refractivity contribution is -0.870. The van der Waals surface area contributed by atoms with Crippen LogP contribution in [0.5, 0.6) is 17.2 Å². The normalized spacial score (nSPS) is 19.6. The van der Waals surface area contributed by atoms with Crippen LogP contribution >= 0.6 is 11.6 Å². The Labute approximate surface area is 889 Å². The number of halogens is 1. The number of carbonyl (C=O) groups excluding carboxylic acids is 7. The standard InChI is InChI=1S/C21H23ClO3.C19H30O2.C12H20N2O2.C12H26NO2.C12H22O.C11H23NO4.C10H15N3O.C10H21NO5.C10H18O/c1-20(2,3)19(24)21(4,5)25-17-12-8-15(9-13-17)18(23)14-6-10-16(22)11-7-14;1-14-9-10-15(2)16(13-14)21-12-8-11-19(6,7)17(20)18(3,4)5;1-8-11(16)10(6-14-12(2,3)4)9(7-15)5-13-8;1-12(2,3)11(15)9-10(14)7-8-13(4,5)6;1-6-7-8-9-12(4,5)11(13)10(2)3;1-6-8(12-11(2,3)4)10(15)9(14)7(5-13)16-6;1-10(2,3)13-6-12-8-7(9(13)14)4-5-11-8;1-10(2,3)16-9-6(11)8(14)7(13)5(4-12)15-9;1-5-6-7-8-9(11)10(2,3)4/h6-13H,1-5H3;9-10,13H,8,11-12H2,1-7H3;5,14-16H,6-7H2,1-4H3;10,14H,7-9H2,1-6H3;7-8,10H,6,9H2,1-5H3;6-10,12-15H,5H2,1-4H3;4H,5-6H2,1-3H3,(H,11,12);5-9,12-14H,4,11H2,1-3H3;6-7H,5,8H2,1-4H3/q;;;+1;;;;;/b;;;;8-7-;;;;7-6-/t;;;;;6?,7?,8-,9-,10-;;5?,6-,7+,8+,9?;/m.....1.0./s1. The van der Waals surface area contributed by atoms with Crippen LogP contribution in [-0.4, -0.2) is 263 Å². The summed E-state index contributed by atoms with van der Waals surface area (Å²) in [6.07, 6.45) is 10.4. The number of nitrogens with zero attached hydrogens (tertiary/aromatic N) is 4. The zero-order valence-electron chi connectivity index (χ0n) is 97.7. The first-order chi connectivity index (χ1) is 66.8. The minimum absolute atomic E-state index is 0.0151. The molecule has 0 bridgehead atoms. The molecule has 4 aliphatic heterocycles. The fourth-order valence-corrected chi connectivity index (χ4v) is 15.3. The van der Waals surface area contributed by atoms with Gasteiger partial charge in [-0.1, -0.05) is 187 Å². The number of nitrogens with two attached hydrogens (primary N) is 1. The molecule has 8 rings (SSSR count). The molecule has 2 saturated heterocycles. The fraction of sp³-hybridized carbons (Fsp3) is 0.684. The first-order valence-electron chi connectivity index (χ1n) is 51.9. The van der Waals surface area contributed by atoms with Crippen molar-refractivity contribution in [1.82, 2.24) is 25.8 Å². The second-order valence-electron chi connectivity index (χ2n) is 49.8. The van der Waals surface area contributed by atoms with Crippen molar-refractivity contribution in [3.8, 4) is 17.2 Å². The minimum Gasteiger partial charge on any atom is -0.506 e. The van der Waals surface area contributed by atoms with Crippen LogP contribution in [0.25, 0.3) is 0 Å². The van der Waals surface area contributed by atoms with Crippen LogP contribution in [0.2, 0.25) is 5.02 Å². The molecule has 5 heterocycles. The Bertz CT molecular complexity index is 4800. The quantitative estimate of drug-likeness (QED) is 0.00963. The molecule has 0 saturated carbocycles. The number of aliphatic hydroxyl groups excluding tert-OH is 8. The van der Waals surface area contributed by atoms with E-state index in [1.165, 1.54) is 5.56 Å². The van der Waals surface area contributed by atoms with Gasteiger partial charge < -0.3 is 101 Å². The zero-order valence-corrected chi connectivity index (χ0v) is 98.5. The number of hydrogen-bond donors (Lipinski definition) is 13. The van der Waals surface area contributed by atoms with E-state index in [2.05, 4.69) is 126 Å². The number of hydrogen-bond acceptors (Lipinski definition) is 27. The predicted molar refractivity (Wildman–Crippen MR) is 593 cm³/mol. The van der Waals surface area contributed by atoms with E-state index in [9.17, 15) is 69.3 Å². The second kappa shape index (κ2) is 61.1. The molecule has 4 aliphatic rings. The number of pyridine rings is 1. The van der Waals surface area contributed by atoms with E-state index in [1.54, 1.807) is 80.4 Å². The van der Waals surface area contributed by atoms with E-state index in [4.69, 9.17) is 51.2 Å². The number of allylic oxidation sites excluding steroid dienone is 4. The number of aromatic nitrogens is 1. The summed E-state index contributed by atoms with van der Waals surface area (Å²) in [5, 5.41) is 95.9. The predicted octanol–water partition coefficient (Wildman–Crippen LogP) is 18.2. The molecule has 838 valence electrons. The molecule has 3 aromatic carbocycles. The number of ether oxygens (including phenoxy) is 5. The number of aliphatic imine (C=N–C) groups is 1. The van der Waals surface area contributed by atoms with Crippen LogP contribution in [0.15, 0.2) is 114 Å². The molecule has 0 spiro atoms. The van der Waals surface area contributed by atoms with E-state index in [1.807, 2.05) is 212 Å². The number of benzene rings is 3. The number of rotatable bonds is 31. The summed E-state index contributed by atoms with van der Waals surface area (Å²) < 4.78 is 28.8. The van der Waals surface area contributed by atoms with E-state index in [0.717, 1.165) is 78.0 Å². The highest BCUT2D eigenvalue weighted by molar-refractivity contribution is 6.30. The van der Waals surface area contributed by atoms with E-state index >= 15 is 0 Å². The summed E-state index contributed by atoms with van der Waals surface area (Å²) in [5.74, 6) is 3.71. The van der Waals surface area contributed by atoms with Gasteiger partial charge >= 0.3 is 0 Å². The average molecular weight is 2090 g/mol. The number of nitrogens with one attached hydrogen (secondary N) is 3. The lowest BCUT2D eigenvalue weighted by atomic mass is 9.72. The average Bonchev–Trinajstić information content (AvgIpc) is 1.77. The third kappa shape index (κ3) is 52.3. The maximum Gasteiger partial charge on any atom is 0.259 e. The summed E-state index contributed by atoms with van der Waals surface area (Å²) in [5.41, 5.74) is 8.33. The number of amidine groups is 1. The van der Waals surface area contributed by atoms with Crippen LogP contribution in [0.4, 0.5) is 0 Å². The Morgan fingerprint density at radius 1 is 0.653 bits per heavy atom. The summed E-state index contributed by atoms with van der Waals surface area (Å²) >= 11 is 5.85. The van der Waals surface area contributed by atoms with Gasteiger partial charge in [-0.15, -0.1) is 0 Å². The minimum atomic E-state index is -1.19. The molecule has 5 unspecified atom stereocenters. The third-order valence-corrected chi connectivity index (χ3v) is 24.1. The van der Waals surface area contributed by atoms with E-state index in [0.29, 0.717) is 83.2 Å². The zero-order chi connectivity index (χ0) is 114. The maximum absolute atomic E-state index is 12.5. The van der Waals surface area contributed by atoms with Gasteiger partial charge in [0.25, 0.3) is 5.91 Å². The van der Waals surface area contributed by atoms with Gasteiger partial charge in [-0.3, -0.25) is 38.5 Å². The number of amides is 1. The van der Waals surface area contributed by atoms with E-state index < -0.39 is 78.3 Å². The van der Waals surface area contributed by atoms with Gasteiger partial charge in [0.1, 0.15) is 89.5 Å². The van der Waals surface area contributed by atoms with Crippen molar-refractivity contribution >= 4 is 58.0 Å². The second-order valence-corrected chi connectivity index (χ2v) is 50.2. The maximum atomic E-state index is 12.5. The Morgan fingerprint density at radius 2 is 1.16 bits per heavy atom. The van der Waals surface area contributed by atoms with Crippen molar-refractivity contribution in [3.05, 3.63) is 153 Å². The number of aliphatic hydroxyl groups is 8. The van der Waals surface area contributed by atoms with Gasteiger partial charge in [-0.2, -0.15) is 0 Å². The van der Waals surface area contributed by atoms with Crippen molar-refractivity contribution in [2.75, 3.05) is 60.7 Å². The van der Waals surface area contributed by atoms with Gasteiger partial charge in [0.15, 0.2) is 23.5 Å². The van der Waals surface area contributed by atoms with Gasteiger partial charge in [-0.25, -0.2) is 4.99 Å². The van der Waals surface area contributed by atoms with Crippen molar-refractivity contribution in [2.24, 2.45) is 49.1 Å². The van der Waals surface area contributed by atoms with Crippen LogP contribution in [0, 0.1) is 59.2 Å². The lowest BCUT2D eigenvalue weighted by Gasteiger charge is -2.44. The highest BCUT2D eigenvalue weighted by Crippen LogP contribution is 2.36. The number of aromatic hydroxyl groups is 1. The summed E-state index contributed by atoms with van der Waals surface area (Å²) in [7, 11) is 6.24. The first kappa shape index (κ1) is 139. The molecule has 29 nitrogen and oxygen atoms in total. The third-order valence-electron chi connectivity index (χ3n) is 23.9. The highest BCUT2D eigenvalue weighted by Gasteiger charge is 2.47.